The average molecular weight is 224 g/mol. The normalized spacial score (nSPS) is 6.93. The van der Waals surface area contributed by atoms with Gasteiger partial charge in [0, 0.05) is 0 Å². The van der Waals surface area contributed by atoms with Crippen LogP contribution in [0.1, 0.15) is 5.56 Å². The van der Waals surface area contributed by atoms with Crippen LogP contribution in [0.3, 0.4) is 0 Å². The van der Waals surface area contributed by atoms with Crippen LogP contribution >= 0.6 is 0 Å². The molecule has 0 unspecified atom stereocenters. The summed E-state index contributed by atoms with van der Waals surface area (Å²) in [4.78, 5) is 8.33. The van der Waals surface area contributed by atoms with Crippen LogP contribution in [-0.2, 0) is 6.42 Å². The van der Waals surface area contributed by atoms with Crippen molar-refractivity contribution in [1.29, 1.82) is 0 Å². The Morgan fingerprint density at radius 3 is 1.93 bits per heavy atom. The number of allylic oxidation sites excluding steroid dienone is 1. The summed E-state index contributed by atoms with van der Waals surface area (Å²) in [6.07, 6.45) is 0.552. The van der Waals surface area contributed by atoms with Gasteiger partial charge >= 0.3 is 59.1 Å². The first kappa shape index (κ1) is 20.6. The quantitative estimate of drug-likeness (QED) is 0.371. The first-order valence-corrected chi connectivity index (χ1v) is 3.69. The smallest absolute Gasteiger partial charge is 0.652 e. The standard InChI is InChI=1S/C9H10.CH2O3.2Na/c1-2-6-9-7-4-3-5-8-9;2-1(3)4;;/h2-5,7-8H,1,6H2;(H2,2,3,4);;/q;;2*+1/p-2. The maximum absolute atomic E-state index is 8.33. The monoisotopic (exact) mass is 224 g/mol. The van der Waals surface area contributed by atoms with E-state index in [9.17, 15) is 0 Å². The van der Waals surface area contributed by atoms with Crippen LogP contribution < -0.4 is 69.3 Å². The summed E-state index contributed by atoms with van der Waals surface area (Å²) >= 11 is 0. The third-order valence-corrected chi connectivity index (χ3v) is 1.22. The van der Waals surface area contributed by atoms with Gasteiger partial charge < -0.3 is 15.0 Å². The van der Waals surface area contributed by atoms with E-state index < -0.39 is 6.16 Å². The Labute approximate surface area is 134 Å². The zero-order valence-corrected chi connectivity index (χ0v) is 13.1. The summed E-state index contributed by atoms with van der Waals surface area (Å²) in [6, 6.07) is 10.3. The van der Waals surface area contributed by atoms with Crippen molar-refractivity contribution in [1.82, 2.24) is 0 Å². The zero-order chi connectivity index (χ0) is 10.1. The largest absolute Gasteiger partial charge is 1.00 e. The van der Waals surface area contributed by atoms with E-state index in [1.54, 1.807) is 0 Å². The van der Waals surface area contributed by atoms with Gasteiger partial charge in [-0.05, 0) is 18.1 Å². The van der Waals surface area contributed by atoms with Crippen LogP contribution in [0.4, 0.5) is 4.79 Å². The van der Waals surface area contributed by atoms with E-state index in [1.165, 1.54) is 5.56 Å². The van der Waals surface area contributed by atoms with Gasteiger partial charge in [0.15, 0.2) is 0 Å². The van der Waals surface area contributed by atoms with Gasteiger partial charge in [-0.15, -0.1) is 6.58 Å². The van der Waals surface area contributed by atoms with Crippen LogP contribution in [0.2, 0.25) is 0 Å². The summed E-state index contributed by atoms with van der Waals surface area (Å²) < 4.78 is 0. The average Bonchev–Trinajstić information content (AvgIpc) is 2.06. The first-order chi connectivity index (χ1) is 6.16. The van der Waals surface area contributed by atoms with Crippen LogP contribution in [0.25, 0.3) is 0 Å². The molecule has 0 aliphatic carbocycles. The van der Waals surface area contributed by atoms with E-state index in [2.05, 4.69) is 18.7 Å². The molecule has 0 saturated carbocycles. The summed E-state index contributed by atoms with van der Waals surface area (Å²) in [6.45, 7) is 3.66. The van der Waals surface area contributed by atoms with Crippen LogP contribution in [0.5, 0.6) is 0 Å². The molecule has 0 saturated heterocycles. The predicted molar refractivity (Wildman–Crippen MR) is 45.7 cm³/mol. The van der Waals surface area contributed by atoms with Crippen LogP contribution in [0.15, 0.2) is 43.0 Å². The molecule has 5 heteroatoms. The summed E-state index contributed by atoms with van der Waals surface area (Å²) in [5.74, 6) is 0. The fourth-order valence-electron chi connectivity index (χ4n) is 0.781. The summed E-state index contributed by atoms with van der Waals surface area (Å²) in [5, 5.41) is 16.7. The van der Waals surface area contributed by atoms with E-state index in [1.807, 2.05) is 24.3 Å². The predicted octanol–water partition coefficient (Wildman–Crippen LogP) is -6.02. The molecule has 0 amide bonds. The number of rotatable bonds is 2. The van der Waals surface area contributed by atoms with E-state index in [4.69, 9.17) is 15.0 Å². The fraction of sp³-hybridized carbons (Fsp3) is 0.100. The second-order valence-corrected chi connectivity index (χ2v) is 2.23. The van der Waals surface area contributed by atoms with Crippen molar-refractivity contribution in [2.75, 3.05) is 0 Å². The van der Waals surface area contributed by atoms with Crippen molar-refractivity contribution in [2.45, 2.75) is 6.42 Å². The summed E-state index contributed by atoms with van der Waals surface area (Å²) in [7, 11) is 0. The molecule has 1 aromatic rings. The molecule has 15 heavy (non-hydrogen) atoms. The maximum atomic E-state index is 8.33. The molecule has 0 radical (unpaired) electrons. The van der Waals surface area contributed by atoms with Gasteiger partial charge in [-0.2, -0.15) is 0 Å². The second-order valence-electron chi connectivity index (χ2n) is 2.23. The zero-order valence-electron chi connectivity index (χ0n) is 9.10. The molecule has 0 atom stereocenters. The Morgan fingerprint density at radius 1 is 1.20 bits per heavy atom. The second kappa shape index (κ2) is 14.2. The molecule has 70 valence electrons. The molecule has 0 aliphatic heterocycles. The Morgan fingerprint density at radius 2 is 1.60 bits per heavy atom. The van der Waals surface area contributed by atoms with Crippen molar-refractivity contribution in [3.63, 3.8) is 0 Å². The minimum Gasteiger partial charge on any atom is -0.652 e. The molecule has 0 aliphatic rings. The topological polar surface area (TPSA) is 63.2 Å². The number of hydrogen-bond acceptors (Lipinski definition) is 3. The number of carbonyl (C=O) groups excluding carboxylic acids is 1. The van der Waals surface area contributed by atoms with Crippen molar-refractivity contribution < 1.29 is 74.1 Å². The number of carbonyl (C=O) groups is 1. The number of benzene rings is 1. The van der Waals surface area contributed by atoms with Gasteiger partial charge in [0.05, 0.1) is 0 Å². The first-order valence-electron chi connectivity index (χ1n) is 3.69. The molecule has 0 spiro atoms. The van der Waals surface area contributed by atoms with Gasteiger partial charge in [0.25, 0.3) is 0 Å². The molecule has 0 heterocycles. The molecule has 3 nitrogen and oxygen atoms in total. The molecular formula is C10H10Na2O3. The molecule has 1 aromatic carbocycles. The number of carboxylic acid groups (broad SMARTS) is 2. The van der Waals surface area contributed by atoms with E-state index in [0.717, 1.165) is 6.42 Å². The minimum absolute atomic E-state index is 0. The Balaban J connectivity index is -0.000000213. The summed E-state index contributed by atoms with van der Waals surface area (Å²) in [5.41, 5.74) is 1.33. The molecule has 1 rings (SSSR count). The van der Waals surface area contributed by atoms with Crippen molar-refractivity contribution in [3.8, 4) is 0 Å². The van der Waals surface area contributed by atoms with E-state index in [-0.39, 0.29) is 59.1 Å². The minimum atomic E-state index is -2.33. The van der Waals surface area contributed by atoms with Gasteiger partial charge in [0.1, 0.15) is 0 Å². The Bertz CT molecular complexity index is 259. The molecule has 0 bridgehead atoms. The number of hydrogen-bond donors (Lipinski definition) is 0. The SMILES string of the molecule is C=CCc1ccccc1.O=C([O-])[O-].[Na+].[Na+]. The van der Waals surface area contributed by atoms with Gasteiger partial charge in [-0.3, -0.25) is 0 Å². The third-order valence-electron chi connectivity index (χ3n) is 1.22. The third kappa shape index (κ3) is 16.9. The van der Waals surface area contributed by atoms with E-state index in [0.29, 0.717) is 0 Å². The Hall–Kier alpha value is 0.230. The maximum Gasteiger partial charge on any atom is 1.00 e. The van der Waals surface area contributed by atoms with Crippen molar-refractivity contribution >= 4 is 6.16 Å². The van der Waals surface area contributed by atoms with Crippen LogP contribution in [-0.4, -0.2) is 6.16 Å². The van der Waals surface area contributed by atoms with E-state index >= 15 is 0 Å². The van der Waals surface area contributed by atoms with Crippen LogP contribution in [0, 0.1) is 0 Å². The van der Waals surface area contributed by atoms with Crippen molar-refractivity contribution in [3.05, 3.63) is 48.6 Å². The van der Waals surface area contributed by atoms with Gasteiger partial charge in [0.2, 0.25) is 0 Å². The van der Waals surface area contributed by atoms with Gasteiger partial charge in [-0.25, -0.2) is 0 Å². The molecule has 0 fully saturated rings. The molecular weight excluding hydrogens is 214 g/mol. The molecule has 0 N–H and O–H groups in total. The van der Waals surface area contributed by atoms with Gasteiger partial charge in [-0.1, -0.05) is 36.4 Å². The molecule has 0 aromatic heterocycles. The fourth-order valence-corrected chi connectivity index (χ4v) is 0.781. The Kier molecular flexibility index (Phi) is 19.6. The van der Waals surface area contributed by atoms with Crippen molar-refractivity contribution in [2.24, 2.45) is 0 Å².